The van der Waals surface area contributed by atoms with Gasteiger partial charge in [0.25, 0.3) is 0 Å². The molecule has 1 atom stereocenters. The summed E-state index contributed by atoms with van der Waals surface area (Å²) < 4.78 is 38.5. The first-order valence-electron chi connectivity index (χ1n) is 6.32. The molecular weight excluding hydrogens is 345 g/mol. The fraction of sp³-hybridized carbons (Fsp3) is 0.250. The summed E-state index contributed by atoms with van der Waals surface area (Å²) in [6, 6.07) is 8.31. The Morgan fingerprint density at radius 3 is 2.10 bits per heavy atom. The predicted molar refractivity (Wildman–Crippen MR) is 79.1 cm³/mol. The smallest absolute Gasteiger partial charge is 0.384 e. The van der Waals surface area contributed by atoms with Crippen LogP contribution in [0.4, 0.5) is 13.2 Å². The molecule has 21 heavy (non-hydrogen) atoms. The summed E-state index contributed by atoms with van der Waals surface area (Å²) in [7, 11) is 0. The number of halogens is 4. The fourth-order valence-corrected chi connectivity index (χ4v) is 2.59. The van der Waals surface area contributed by atoms with Gasteiger partial charge in [-0.25, -0.2) is 0 Å². The second-order valence-electron chi connectivity index (χ2n) is 4.98. The summed E-state index contributed by atoms with van der Waals surface area (Å²) in [5, 5.41) is 10.4. The molecule has 0 aliphatic carbocycles. The van der Waals surface area contributed by atoms with E-state index in [-0.39, 0.29) is 0 Å². The second kappa shape index (κ2) is 5.81. The highest BCUT2D eigenvalue weighted by molar-refractivity contribution is 9.10. The lowest BCUT2D eigenvalue weighted by molar-refractivity contribution is -0.137. The van der Waals surface area contributed by atoms with Gasteiger partial charge in [0, 0.05) is 4.47 Å². The molecule has 0 fully saturated rings. The maximum atomic E-state index is 12.5. The summed E-state index contributed by atoms with van der Waals surface area (Å²) in [5.41, 5.74) is 2.24. The summed E-state index contributed by atoms with van der Waals surface area (Å²) in [6.45, 7) is 3.75. The van der Waals surface area contributed by atoms with Crippen LogP contribution in [0.3, 0.4) is 0 Å². The molecule has 0 spiro atoms. The molecule has 112 valence electrons. The highest BCUT2D eigenvalue weighted by atomic mass is 79.9. The average Bonchev–Trinajstić information content (AvgIpc) is 2.41. The third kappa shape index (κ3) is 3.47. The molecule has 1 nitrogen and oxygen atoms in total. The minimum absolute atomic E-state index is 0.438. The van der Waals surface area contributed by atoms with Crippen molar-refractivity contribution in [2.24, 2.45) is 0 Å². The summed E-state index contributed by atoms with van der Waals surface area (Å²) in [4.78, 5) is 0. The third-order valence-corrected chi connectivity index (χ3v) is 4.25. The Labute approximate surface area is 129 Å². The summed E-state index contributed by atoms with van der Waals surface area (Å²) in [5.74, 6) is 0. The van der Waals surface area contributed by atoms with Crippen molar-refractivity contribution in [2.45, 2.75) is 26.1 Å². The monoisotopic (exact) mass is 358 g/mol. The van der Waals surface area contributed by atoms with E-state index in [4.69, 9.17) is 0 Å². The summed E-state index contributed by atoms with van der Waals surface area (Å²) >= 11 is 3.41. The number of hydrogen-bond acceptors (Lipinski definition) is 1. The standard InChI is InChI=1S/C16H14BrF3O/c1-9-8-14(17)10(2)7-13(9)15(21)11-3-5-12(6-4-11)16(18,19)20/h3-8,15,21H,1-2H3. The SMILES string of the molecule is Cc1cc(C(O)c2ccc(C(F)(F)F)cc2)c(C)cc1Br. The van der Waals surface area contributed by atoms with Crippen molar-refractivity contribution in [1.29, 1.82) is 0 Å². The van der Waals surface area contributed by atoms with E-state index in [1.165, 1.54) is 12.1 Å². The first-order chi connectivity index (χ1) is 9.70. The van der Waals surface area contributed by atoms with Crippen LogP contribution < -0.4 is 0 Å². The highest BCUT2D eigenvalue weighted by Gasteiger charge is 2.30. The molecule has 2 rings (SSSR count). The van der Waals surface area contributed by atoms with Crippen molar-refractivity contribution < 1.29 is 18.3 Å². The van der Waals surface area contributed by atoms with Crippen molar-refractivity contribution in [3.05, 3.63) is 68.7 Å². The van der Waals surface area contributed by atoms with Crippen molar-refractivity contribution in [3.63, 3.8) is 0 Å². The van der Waals surface area contributed by atoms with E-state index >= 15 is 0 Å². The van der Waals surface area contributed by atoms with Crippen LogP contribution in [0.25, 0.3) is 0 Å². The van der Waals surface area contributed by atoms with E-state index in [2.05, 4.69) is 15.9 Å². The van der Waals surface area contributed by atoms with Crippen LogP contribution in [-0.4, -0.2) is 5.11 Å². The Balaban J connectivity index is 2.36. The number of rotatable bonds is 2. The third-order valence-electron chi connectivity index (χ3n) is 3.40. The molecule has 2 aromatic rings. The molecule has 0 saturated heterocycles. The second-order valence-corrected chi connectivity index (χ2v) is 5.83. The number of aliphatic hydroxyl groups excluding tert-OH is 1. The van der Waals surface area contributed by atoms with E-state index in [9.17, 15) is 18.3 Å². The maximum Gasteiger partial charge on any atom is 0.416 e. The number of hydrogen-bond donors (Lipinski definition) is 1. The Morgan fingerprint density at radius 2 is 1.57 bits per heavy atom. The van der Waals surface area contributed by atoms with Crippen LogP contribution in [0, 0.1) is 13.8 Å². The van der Waals surface area contributed by atoms with Gasteiger partial charge in [0.2, 0.25) is 0 Å². The van der Waals surface area contributed by atoms with Crippen molar-refractivity contribution in [1.82, 2.24) is 0 Å². The van der Waals surface area contributed by atoms with E-state index in [1.807, 2.05) is 26.0 Å². The zero-order valence-electron chi connectivity index (χ0n) is 11.5. The minimum Gasteiger partial charge on any atom is -0.384 e. The van der Waals surface area contributed by atoms with Gasteiger partial charge in [-0.2, -0.15) is 13.2 Å². The van der Waals surface area contributed by atoms with Crippen molar-refractivity contribution in [2.75, 3.05) is 0 Å². The maximum absolute atomic E-state index is 12.5. The molecule has 0 saturated carbocycles. The normalized spacial score (nSPS) is 13.3. The molecule has 2 aromatic carbocycles. The number of benzene rings is 2. The zero-order valence-corrected chi connectivity index (χ0v) is 13.1. The van der Waals surface area contributed by atoms with Crippen molar-refractivity contribution in [3.8, 4) is 0 Å². The topological polar surface area (TPSA) is 20.2 Å². The van der Waals surface area contributed by atoms with Gasteiger partial charge >= 0.3 is 6.18 Å². The lowest BCUT2D eigenvalue weighted by Crippen LogP contribution is -2.07. The molecule has 0 radical (unpaired) electrons. The number of aryl methyl sites for hydroxylation is 2. The van der Waals surface area contributed by atoms with Crippen LogP contribution in [0.5, 0.6) is 0 Å². The van der Waals surface area contributed by atoms with Crippen LogP contribution in [0.2, 0.25) is 0 Å². The number of alkyl halides is 3. The first kappa shape index (κ1) is 16.0. The van der Waals surface area contributed by atoms with Gasteiger partial charge in [-0.1, -0.05) is 34.1 Å². The van der Waals surface area contributed by atoms with Gasteiger partial charge in [0.05, 0.1) is 5.56 Å². The Hall–Kier alpha value is -1.33. The van der Waals surface area contributed by atoms with Crippen LogP contribution in [0.15, 0.2) is 40.9 Å². The summed E-state index contributed by atoms with van der Waals surface area (Å²) in [6.07, 6.45) is -5.31. The van der Waals surface area contributed by atoms with Gasteiger partial charge in [-0.15, -0.1) is 0 Å². The first-order valence-corrected chi connectivity index (χ1v) is 7.11. The molecule has 0 bridgehead atoms. The Kier molecular flexibility index (Phi) is 4.44. The molecule has 5 heteroatoms. The average molecular weight is 359 g/mol. The van der Waals surface area contributed by atoms with E-state index in [0.717, 1.165) is 27.7 Å². The van der Waals surface area contributed by atoms with Crippen LogP contribution in [0.1, 0.15) is 33.9 Å². The van der Waals surface area contributed by atoms with E-state index in [1.54, 1.807) is 0 Å². The predicted octanol–water partition coefficient (Wildman–Crippen LogP) is 5.17. The molecule has 0 aromatic heterocycles. The lowest BCUT2D eigenvalue weighted by atomic mass is 9.95. The zero-order chi connectivity index (χ0) is 15.8. The van der Waals surface area contributed by atoms with Gasteiger partial charge in [-0.05, 0) is 54.3 Å². The Bertz CT molecular complexity index is 648. The van der Waals surface area contributed by atoms with Gasteiger partial charge in [-0.3, -0.25) is 0 Å². The van der Waals surface area contributed by atoms with Crippen LogP contribution >= 0.6 is 15.9 Å². The molecular formula is C16H14BrF3O. The fourth-order valence-electron chi connectivity index (χ4n) is 2.13. The van der Waals surface area contributed by atoms with Crippen molar-refractivity contribution >= 4 is 15.9 Å². The van der Waals surface area contributed by atoms with Gasteiger partial charge in [0.15, 0.2) is 0 Å². The van der Waals surface area contributed by atoms with Gasteiger partial charge < -0.3 is 5.11 Å². The molecule has 1 N–H and O–H groups in total. The quantitative estimate of drug-likeness (QED) is 0.785. The molecule has 0 aliphatic rings. The van der Waals surface area contributed by atoms with E-state index < -0.39 is 17.8 Å². The number of aliphatic hydroxyl groups is 1. The van der Waals surface area contributed by atoms with E-state index in [0.29, 0.717) is 11.1 Å². The van der Waals surface area contributed by atoms with Gasteiger partial charge in [0.1, 0.15) is 6.10 Å². The van der Waals surface area contributed by atoms with Crippen LogP contribution in [-0.2, 0) is 6.18 Å². The Morgan fingerprint density at radius 1 is 1.00 bits per heavy atom. The molecule has 0 heterocycles. The lowest BCUT2D eigenvalue weighted by Gasteiger charge is -2.16. The molecule has 1 unspecified atom stereocenters. The molecule has 0 aliphatic heterocycles. The molecule has 0 amide bonds. The highest BCUT2D eigenvalue weighted by Crippen LogP contribution is 2.32. The largest absolute Gasteiger partial charge is 0.416 e. The minimum atomic E-state index is -4.37.